The van der Waals surface area contributed by atoms with Crippen molar-refractivity contribution in [3.05, 3.63) is 40.6 Å². The number of ether oxygens (including phenoxy) is 1. The van der Waals surface area contributed by atoms with Gasteiger partial charge in [0.25, 0.3) is 0 Å². The molecule has 2 aromatic rings. The van der Waals surface area contributed by atoms with E-state index in [-0.39, 0.29) is 10.3 Å². The van der Waals surface area contributed by atoms with Crippen LogP contribution in [-0.4, -0.2) is 17.3 Å². The Balaban J connectivity index is 2.27. The van der Waals surface area contributed by atoms with Gasteiger partial charge in [-0.05, 0) is 12.1 Å². The molecular weight excluding hydrogens is 261 g/mol. The van der Waals surface area contributed by atoms with Crippen molar-refractivity contribution < 1.29 is 4.74 Å². The molecule has 0 atom stereocenters. The van der Waals surface area contributed by atoms with Gasteiger partial charge in [0.15, 0.2) is 10.3 Å². The molecule has 2 rings (SSSR count). The van der Waals surface area contributed by atoms with Crippen molar-refractivity contribution in [2.75, 3.05) is 12.4 Å². The second-order valence-electron chi connectivity index (χ2n) is 3.23. The molecule has 0 saturated carbocycles. The van der Waals surface area contributed by atoms with Gasteiger partial charge in [-0.2, -0.15) is 0 Å². The quantitative estimate of drug-likeness (QED) is 0.926. The van der Waals surface area contributed by atoms with Crippen LogP contribution in [0.5, 0.6) is 5.75 Å². The van der Waals surface area contributed by atoms with E-state index < -0.39 is 0 Å². The number of aromatic nitrogens is 2. The summed E-state index contributed by atoms with van der Waals surface area (Å²) in [5, 5.41) is 11.0. The van der Waals surface area contributed by atoms with E-state index >= 15 is 0 Å². The van der Waals surface area contributed by atoms with Crippen molar-refractivity contribution >= 4 is 34.6 Å². The molecule has 0 spiro atoms. The predicted molar refractivity (Wildman–Crippen MR) is 68.3 cm³/mol. The first kappa shape index (κ1) is 12.0. The zero-order valence-electron chi connectivity index (χ0n) is 8.95. The number of anilines is 2. The van der Waals surface area contributed by atoms with Crippen LogP contribution in [0.2, 0.25) is 10.3 Å². The van der Waals surface area contributed by atoms with E-state index in [0.29, 0.717) is 5.69 Å². The highest BCUT2D eigenvalue weighted by molar-refractivity contribution is 6.33. The highest BCUT2D eigenvalue weighted by Gasteiger charge is 2.04. The van der Waals surface area contributed by atoms with Crippen molar-refractivity contribution in [2.45, 2.75) is 0 Å². The highest BCUT2D eigenvalue weighted by Crippen LogP contribution is 2.26. The third-order valence-electron chi connectivity index (χ3n) is 2.07. The maximum Gasteiger partial charge on any atom is 0.175 e. The van der Waals surface area contributed by atoms with Gasteiger partial charge in [-0.3, -0.25) is 0 Å². The molecule has 88 valence electrons. The molecule has 17 heavy (non-hydrogen) atoms. The molecule has 0 unspecified atom stereocenters. The van der Waals surface area contributed by atoms with E-state index in [2.05, 4.69) is 15.5 Å². The molecule has 0 aliphatic carbocycles. The fourth-order valence-corrected chi connectivity index (χ4v) is 1.58. The monoisotopic (exact) mass is 269 g/mol. The summed E-state index contributed by atoms with van der Waals surface area (Å²) in [7, 11) is 1.61. The standard InChI is InChI=1S/C11H9Cl2N3O/c1-17-8-4-2-3-7(5-8)14-9-6-10(12)15-16-11(9)13/h2-6H,1H3,(H,14,15). The summed E-state index contributed by atoms with van der Waals surface area (Å²) in [5.74, 6) is 0.749. The van der Waals surface area contributed by atoms with Gasteiger partial charge in [0.05, 0.1) is 12.8 Å². The summed E-state index contributed by atoms with van der Waals surface area (Å²) in [6.45, 7) is 0. The maximum absolute atomic E-state index is 5.89. The number of methoxy groups -OCH3 is 1. The van der Waals surface area contributed by atoms with Crippen LogP contribution in [-0.2, 0) is 0 Å². The molecule has 1 aromatic heterocycles. The molecule has 1 aromatic carbocycles. The number of benzene rings is 1. The van der Waals surface area contributed by atoms with E-state index in [0.717, 1.165) is 11.4 Å². The Morgan fingerprint density at radius 2 is 2.00 bits per heavy atom. The lowest BCUT2D eigenvalue weighted by molar-refractivity contribution is 0.415. The molecule has 1 N–H and O–H groups in total. The van der Waals surface area contributed by atoms with Gasteiger partial charge in [0.2, 0.25) is 0 Å². The van der Waals surface area contributed by atoms with Crippen LogP contribution in [0.25, 0.3) is 0 Å². The number of hydrogen-bond acceptors (Lipinski definition) is 4. The molecule has 0 aliphatic rings. The van der Waals surface area contributed by atoms with Gasteiger partial charge in [0, 0.05) is 17.8 Å². The molecular formula is C11H9Cl2N3O. The van der Waals surface area contributed by atoms with Crippen molar-refractivity contribution in [3.63, 3.8) is 0 Å². The molecule has 0 saturated heterocycles. The van der Waals surface area contributed by atoms with Crippen LogP contribution in [0.1, 0.15) is 0 Å². The summed E-state index contributed by atoms with van der Waals surface area (Å²) >= 11 is 11.6. The first-order valence-electron chi connectivity index (χ1n) is 4.79. The van der Waals surface area contributed by atoms with Crippen LogP contribution in [0.15, 0.2) is 30.3 Å². The van der Waals surface area contributed by atoms with Crippen molar-refractivity contribution in [1.82, 2.24) is 10.2 Å². The SMILES string of the molecule is COc1cccc(Nc2cc(Cl)nnc2Cl)c1. The number of hydrogen-bond donors (Lipinski definition) is 1. The molecule has 1 heterocycles. The van der Waals surface area contributed by atoms with Gasteiger partial charge in [-0.25, -0.2) is 0 Å². The van der Waals surface area contributed by atoms with Gasteiger partial charge >= 0.3 is 0 Å². The topological polar surface area (TPSA) is 47.0 Å². The summed E-state index contributed by atoms with van der Waals surface area (Å²) in [6, 6.07) is 9.05. The number of rotatable bonds is 3. The molecule has 6 heteroatoms. The Kier molecular flexibility index (Phi) is 3.66. The van der Waals surface area contributed by atoms with Crippen LogP contribution < -0.4 is 10.1 Å². The smallest absolute Gasteiger partial charge is 0.175 e. The van der Waals surface area contributed by atoms with E-state index in [1.54, 1.807) is 13.2 Å². The third-order valence-corrected chi connectivity index (χ3v) is 2.53. The average Bonchev–Trinajstić information content (AvgIpc) is 2.34. The van der Waals surface area contributed by atoms with Crippen LogP contribution >= 0.6 is 23.2 Å². The zero-order chi connectivity index (χ0) is 12.3. The minimum atomic E-state index is 0.261. The minimum absolute atomic E-state index is 0.261. The second kappa shape index (κ2) is 5.21. The fraction of sp³-hybridized carbons (Fsp3) is 0.0909. The third kappa shape index (κ3) is 2.99. The number of nitrogens with zero attached hydrogens (tertiary/aromatic N) is 2. The Morgan fingerprint density at radius 3 is 2.76 bits per heavy atom. The Bertz CT molecular complexity index is 534. The highest BCUT2D eigenvalue weighted by atomic mass is 35.5. The summed E-state index contributed by atoms with van der Waals surface area (Å²) in [4.78, 5) is 0. The largest absolute Gasteiger partial charge is 0.497 e. The Labute approximate surface area is 109 Å². The minimum Gasteiger partial charge on any atom is -0.497 e. The fourth-order valence-electron chi connectivity index (χ4n) is 1.30. The normalized spacial score (nSPS) is 10.1. The molecule has 0 aliphatic heterocycles. The maximum atomic E-state index is 5.89. The first-order valence-corrected chi connectivity index (χ1v) is 5.54. The second-order valence-corrected chi connectivity index (χ2v) is 3.97. The summed E-state index contributed by atoms with van der Waals surface area (Å²) in [6.07, 6.45) is 0. The Morgan fingerprint density at radius 1 is 1.18 bits per heavy atom. The van der Waals surface area contributed by atoms with E-state index in [9.17, 15) is 0 Å². The molecule has 0 amide bonds. The van der Waals surface area contributed by atoms with Gasteiger partial charge in [-0.1, -0.05) is 29.3 Å². The van der Waals surface area contributed by atoms with E-state index in [1.165, 1.54) is 0 Å². The zero-order valence-corrected chi connectivity index (χ0v) is 10.5. The van der Waals surface area contributed by atoms with E-state index in [1.807, 2.05) is 24.3 Å². The Hall–Kier alpha value is -1.52. The van der Waals surface area contributed by atoms with E-state index in [4.69, 9.17) is 27.9 Å². The molecule has 0 radical (unpaired) electrons. The number of halogens is 2. The average molecular weight is 270 g/mol. The summed E-state index contributed by atoms with van der Waals surface area (Å²) in [5.41, 5.74) is 1.43. The first-order chi connectivity index (χ1) is 8.19. The van der Waals surface area contributed by atoms with Crippen molar-refractivity contribution in [2.24, 2.45) is 0 Å². The predicted octanol–water partition coefficient (Wildman–Crippen LogP) is 3.54. The lowest BCUT2D eigenvalue weighted by Gasteiger charge is -2.08. The summed E-state index contributed by atoms with van der Waals surface area (Å²) < 4.78 is 5.12. The van der Waals surface area contributed by atoms with Gasteiger partial charge < -0.3 is 10.1 Å². The van der Waals surface area contributed by atoms with Crippen molar-refractivity contribution in [3.8, 4) is 5.75 Å². The van der Waals surface area contributed by atoms with Gasteiger partial charge in [-0.15, -0.1) is 10.2 Å². The van der Waals surface area contributed by atoms with Crippen LogP contribution in [0.3, 0.4) is 0 Å². The lowest BCUT2D eigenvalue weighted by atomic mass is 10.3. The number of nitrogens with one attached hydrogen (secondary N) is 1. The van der Waals surface area contributed by atoms with Gasteiger partial charge in [0.1, 0.15) is 5.75 Å². The molecule has 4 nitrogen and oxygen atoms in total. The molecule has 0 fully saturated rings. The lowest BCUT2D eigenvalue weighted by Crippen LogP contribution is -1.95. The van der Waals surface area contributed by atoms with Crippen LogP contribution in [0.4, 0.5) is 11.4 Å². The molecule has 0 bridgehead atoms. The van der Waals surface area contributed by atoms with Crippen LogP contribution in [0, 0.1) is 0 Å². The van der Waals surface area contributed by atoms with Crippen molar-refractivity contribution in [1.29, 1.82) is 0 Å².